The summed E-state index contributed by atoms with van der Waals surface area (Å²) in [6.07, 6.45) is 4.05. The first kappa shape index (κ1) is 14.6. The van der Waals surface area contributed by atoms with Gasteiger partial charge in [-0.15, -0.1) is 0 Å². The van der Waals surface area contributed by atoms with Gasteiger partial charge >= 0.3 is 0 Å². The molecule has 0 radical (unpaired) electrons. The van der Waals surface area contributed by atoms with Crippen molar-refractivity contribution in [3.63, 3.8) is 0 Å². The zero-order valence-electron chi connectivity index (χ0n) is 10.6. The van der Waals surface area contributed by atoms with Gasteiger partial charge in [-0.3, -0.25) is 4.79 Å². The van der Waals surface area contributed by atoms with Crippen molar-refractivity contribution >= 4 is 15.6 Å². The molecule has 1 fully saturated rings. The minimum Gasteiger partial charge on any atom is -0.385 e. The van der Waals surface area contributed by atoms with Gasteiger partial charge in [0.2, 0.25) is 0 Å². The average molecular weight is 262 g/mol. The summed E-state index contributed by atoms with van der Waals surface area (Å²) >= 11 is 0. The molecule has 3 atom stereocenters. The summed E-state index contributed by atoms with van der Waals surface area (Å²) in [5.74, 6) is -0.440. The number of carbonyl (C=O) groups is 1. The number of sulfone groups is 1. The number of rotatable bonds is 5. The molecule has 0 aromatic carbocycles. The van der Waals surface area contributed by atoms with Crippen molar-refractivity contribution < 1.29 is 18.3 Å². The van der Waals surface area contributed by atoms with Crippen LogP contribution in [0.3, 0.4) is 0 Å². The molecule has 100 valence electrons. The third-order valence-electron chi connectivity index (χ3n) is 3.52. The lowest BCUT2D eigenvalue weighted by molar-refractivity contribution is -0.132. The van der Waals surface area contributed by atoms with Gasteiger partial charge in [-0.05, 0) is 25.7 Å². The predicted molar refractivity (Wildman–Crippen MR) is 66.5 cm³/mol. The van der Waals surface area contributed by atoms with Crippen LogP contribution in [-0.4, -0.2) is 36.9 Å². The van der Waals surface area contributed by atoms with Gasteiger partial charge in [-0.1, -0.05) is 19.8 Å². The molecule has 0 amide bonds. The van der Waals surface area contributed by atoms with E-state index in [0.29, 0.717) is 25.7 Å². The molecule has 1 saturated carbocycles. The van der Waals surface area contributed by atoms with E-state index in [-0.39, 0.29) is 11.7 Å². The largest absolute Gasteiger partial charge is 0.385 e. The van der Waals surface area contributed by atoms with E-state index in [1.165, 1.54) is 6.26 Å². The predicted octanol–water partition coefficient (Wildman–Crippen LogP) is 1.32. The summed E-state index contributed by atoms with van der Waals surface area (Å²) in [4.78, 5) is 11.9. The van der Waals surface area contributed by atoms with Crippen LogP contribution in [0.4, 0.5) is 0 Å². The van der Waals surface area contributed by atoms with E-state index in [2.05, 4.69) is 0 Å². The van der Waals surface area contributed by atoms with Crippen LogP contribution in [0.15, 0.2) is 0 Å². The third-order valence-corrected chi connectivity index (χ3v) is 5.16. The minimum absolute atomic E-state index is 0.166. The van der Waals surface area contributed by atoms with Gasteiger partial charge < -0.3 is 5.11 Å². The van der Waals surface area contributed by atoms with Crippen LogP contribution in [0.5, 0.6) is 0 Å². The van der Waals surface area contributed by atoms with Crippen molar-refractivity contribution in [2.24, 2.45) is 5.92 Å². The Morgan fingerprint density at radius 2 is 2.06 bits per heavy atom. The summed E-state index contributed by atoms with van der Waals surface area (Å²) in [6, 6.07) is 0. The Morgan fingerprint density at radius 3 is 2.59 bits per heavy atom. The highest BCUT2D eigenvalue weighted by Gasteiger charge is 2.34. The van der Waals surface area contributed by atoms with Crippen molar-refractivity contribution in [1.29, 1.82) is 0 Å². The highest BCUT2D eigenvalue weighted by atomic mass is 32.2. The van der Waals surface area contributed by atoms with Crippen molar-refractivity contribution in [2.45, 2.75) is 56.8 Å². The Kier molecular flexibility index (Phi) is 5.13. The van der Waals surface area contributed by atoms with Crippen molar-refractivity contribution in [1.82, 2.24) is 0 Å². The van der Waals surface area contributed by atoms with Crippen LogP contribution in [0, 0.1) is 5.92 Å². The quantitative estimate of drug-likeness (QED) is 0.811. The number of ketones is 1. The summed E-state index contributed by atoms with van der Waals surface area (Å²) in [7, 11) is -3.06. The number of aliphatic hydroxyl groups excluding tert-OH is 1. The number of aliphatic hydroxyl groups is 1. The first-order valence-corrected chi connectivity index (χ1v) is 8.22. The van der Waals surface area contributed by atoms with Crippen LogP contribution in [0.25, 0.3) is 0 Å². The van der Waals surface area contributed by atoms with Gasteiger partial charge in [0.1, 0.15) is 15.9 Å². The molecule has 17 heavy (non-hydrogen) atoms. The van der Waals surface area contributed by atoms with Crippen LogP contribution >= 0.6 is 0 Å². The molecule has 4 nitrogen and oxygen atoms in total. The van der Waals surface area contributed by atoms with E-state index < -0.39 is 21.2 Å². The highest BCUT2D eigenvalue weighted by molar-refractivity contribution is 7.91. The molecule has 0 aromatic heterocycles. The Morgan fingerprint density at radius 1 is 1.41 bits per heavy atom. The number of carbonyl (C=O) groups excluding carboxylic acids is 1. The topological polar surface area (TPSA) is 71.4 Å². The average Bonchev–Trinajstić information content (AvgIpc) is 2.27. The second-order valence-electron chi connectivity index (χ2n) is 5.02. The van der Waals surface area contributed by atoms with Gasteiger partial charge in [0.25, 0.3) is 0 Å². The third kappa shape index (κ3) is 4.07. The molecule has 0 heterocycles. The van der Waals surface area contributed by atoms with Crippen molar-refractivity contribution in [3.05, 3.63) is 0 Å². The van der Waals surface area contributed by atoms with Gasteiger partial charge in [-0.2, -0.15) is 0 Å². The highest BCUT2D eigenvalue weighted by Crippen LogP contribution is 2.30. The maximum atomic E-state index is 11.9. The molecule has 0 saturated heterocycles. The Labute approximate surface area is 103 Å². The standard InChI is InChI=1S/C12H22O4S/c1-3-5-11(13)12(14)9-6-4-7-10(8-9)17(2,15)16/h9-11,13H,3-8H2,1-2H3. The molecule has 5 heteroatoms. The van der Waals surface area contributed by atoms with Crippen LogP contribution in [0.2, 0.25) is 0 Å². The summed E-state index contributed by atoms with van der Waals surface area (Å²) in [5.41, 5.74) is 0. The van der Waals surface area contributed by atoms with Gasteiger partial charge in [0, 0.05) is 12.2 Å². The SMILES string of the molecule is CCCC(O)C(=O)C1CCCC(S(C)(=O)=O)C1. The Balaban J connectivity index is 2.64. The molecule has 0 spiro atoms. The Bertz CT molecular complexity index is 361. The minimum atomic E-state index is -3.06. The number of hydrogen-bond donors (Lipinski definition) is 1. The van der Waals surface area contributed by atoms with E-state index in [9.17, 15) is 18.3 Å². The molecule has 1 aliphatic carbocycles. The van der Waals surface area contributed by atoms with Crippen LogP contribution in [-0.2, 0) is 14.6 Å². The van der Waals surface area contributed by atoms with Gasteiger partial charge in [0.05, 0.1) is 5.25 Å². The zero-order valence-corrected chi connectivity index (χ0v) is 11.4. The smallest absolute Gasteiger partial charge is 0.164 e. The monoisotopic (exact) mass is 262 g/mol. The summed E-state index contributed by atoms with van der Waals surface area (Å²) < 4.78 is 23.0. The molecule has 3 unspecified atom stereocenters. The van der Waals surface area contributed by atoms with E-state index in [4.69, 9.17) is 0 Å². The molecular weight excluding hydrogens is 240 g/mol. The number of Topliss-reactive ketones (excluding diaryl/α,β-unsaturated/α-hetero) is 1. The maximum Gasteiger partial charge on any atom is 0.164 e. The molecule has 0 aromatic rings. The lowest BCUT2D eigenvalue weighted by Gasteiger charge is -2.28. The molecule has 0 aliphatic heterocycles. The second-order valence-corrected chi connectivity index (χ2v) is 7.35. The fourth-order valence-electron chi connectivity index (χ4n) is 2.48. The normalized spacial score (nSPS) is 27.7. The lowest BCUT2D eigenvalue weighted by Crippen LogP contribution is -2.35. The van der Waals surface area contributed by atoms with E-state index in [1.54, 1.807) is 0 Å². The van der Waals surface area contributed by atoms with Crippen LogP contribution < -0.4 is 0 Å². The molecule has 0 bridgehead atoms. The molecule has 1 rings (SSSR count). The van der Waals surface area contributed by atoms with Crippen molar-refractivity contribution in [3.8, 4) is 0 Å². The van der Waals surface area contributed by atoms with Crippen molar-refractivity contribution in [2.75, 3.05) is 6.26 Å². The summed E-state index contributed by atoms with van der Waals surface area (Å²) in [6.45, 7) is 1.91. The van der Waals surface area contributed by atoms with E-state index in [0.717, 1.165) is 12.8 Å². The van der Waals surface area contributed by atoms with E-state index >= 15 is 0 Å². The molecule has 1 N–H and O–H groups in total. The fourth-order valence-corrected chi connectivity index (χ4v) is 3.66. The zero-order chi connectivity index (χ0) is 13.1. The van der Waals surface area contributed by atoms with E-state index in [1.807, 2.05) is 6.92 Å². The van der Waals surface area contributed by atoms with Gasteiger partial charge in [-0.25, -0.2) is 8.42 Å². The molecular formula is C12H22O4S. The number of hydrogen-bond acceptors (Lipinski definition) is 4. The first-order valence-electron chi connectivity index (χ1n) is 6.27. The fraction of sp³-hybridized carbons (Fsp3) is 0.917. The van der Waals surface area contributed by atoms with Gasteiger partial charge in [0.15, 0.2) is 5.78 Å². The maximum absolute atomic E-state index is 11.9. The second kappa shape index (κ2) is 5.96. The van der Waals surface area contributed by atoms with Crippen LogP contribution in [0.1, 0.15) is 45.4 Å². The Hall–Kier alpha value is -0.420. The molecule has 1 aliphatic rings. The first-order chi connectivity index (χ1) is 7.86. The summed E-state index contributed by atoms with van der Waals surface area (Å²) in [5, 5.41) is 9.26. The lowest BCUT2D eigenvalue weighted by atomic mass is 9.83.